The van der Waals surface area contributed by atoms with Crippen molar-refractivity contribution < 1.29 is 9.18 Å². The lowest BCUT2D eigenvalue weighted by molar-refractivity contribution is -0.133. The van der Waals surface area contributed by atoms with E-state index in [1.165, 1.54) is 12.1 Å². The number of hydrogen-bond acceptors (Lipinski definition) is 2. The summed E-state index contributed by atoms with van der Waals surface area (Å²) in [5, 5.41) is 0. The average Bonchev–Trinajstić information content (AvgIpc) is 3.20. The molecule has 2 atom stereocenters. The zero-order valence-corrected chi connectivity index (χ0v) is 12.8. The Hall–Kier alpha value is -0.940. The highest BCUT2D eigenvalue weighted by Gasteiger charge is 2.42. The molecule has 1 aliphatic carbocycles. The second-order valence-corrected chi connectivity index (χ2v) is 6.55. The van der Waals surface area contributed by atoms with Gasteiger partial charge in [0.1, 0.15) is 5.82 Å². The van der Waals surface area contributed by atoms with Crippen molar-refractivity contribution in [3.05, 3.63) is 34.1 Å². The summed E-state index contributed by atoms with van der Waals surface area (Å²) in [6, 6.07) is 4.71. The Bertz CT molecular complexity index is 533. The maximum absolute atomic E-state index is 13.3. The van der Waals surface area contributed by atoms with E-state index in [4.69, 9.17) is 5.73 Å². The Kier molecular flexibility index (Phi) is 3.82. The molecule has 2 N–H and O–H groups in total. The van der Waals surface area contributed by atoms with E-state index in [2.05, 4.69) is 15.9 Å². The molecular weight excluding hydrogens is 323 g/mol. The molecular formula is C15H18BrFN2O. The molecule has 1 aromatic rings. The fraction of sp³-hybridized carbons (Fsp3) is 0.533. The number of hydrogen-bond donors (Lipinski definition) is 1. The lowest BCUT2D eigenvalue weighted by Crippen LogP contribution is -2.43. The van der Waals surface area contributed by atoms with Gasteiger partial charge in [0, 0.05) is 23.0 Å². The summed E-state index contributed by atoms with van der Waals surface area (Å²) in [4.78, 5) is 14.3. The zero-order chi connectivity index (χ0) is 14.3. The minimum atomic E-state index is -0.285. The number of benzene rings is 1. The van der Waals surface area contributed by atoms with E-state index in [1.54, 1.807) is 6.07 Å². The lowest BCUT2D eigenvalue weighted by atomic mass is 9.96. The first-order valence-corrected chi connectivity index (χ1v) is 7.89. The van der Waals surface area contributed by atoms with Crippen LogP contribution < -0.4 is 5.73 Å². The lowest BCUT2D eigenvalue weighted by Gasteiger charge is -2.34. The van der Waals surface area contributed by atoms with E-state index >= 15 is 0 Å². The Morgan fingerprint density at radius 3 is 2.70 bits per heavy atom. The molecule has 2 fully saturated rings. The van der Waals surface area contributed by atoms with E-state index in [0.717, 1.165) is 31.2 Å². The SMILES string of the molecule is NC1CCCC(=O)N(C2CC2)C1c1ccc(F)cc1Br. The fourth-order valence-electron chi connectivity index (χ4n) is 3.04. The number of carbonyl (C=O) groups is 1. The topological polar surface area (TPSA) is 46.3 Å². The van der Waals surface area contributed by atoms with Crippen LogP contribution in [-0.2, 0) is 4.79 Å². The Balaban J connectivity index is 2.02. The summed E-state index contributed by atoms with van der Waals surface area (Å²) in [5.41, 5.74) is 7.25. The van der Waals surface area contributed by atoms with Gasteiger partial charge in [0.2, 0.25) is 5.91 Å². The van der Waals surface area contributed by atoms with Crippen molar-refractivity contribution in [3.63, 3.8) is 0 Å². The molecule has 2 unspecified atom stereocenters. The summed E-state index contributed by atoms with van der Waals surface area (Å²) in [7, 11) is 0. The third kappa shape index (κ3) is 2.61. The quantitative estimate of drug-likeness (QED) is 0.898. The number of nitrogens with two attached hydrogens (primary N) is 1. The highest BCUT2D eigenvalue weighted by molar-refractivity contribution is 9.10. The van der Waals surface area contributed by atoms with Gasteiger partial charge >= 0.3 is 0 Å². The van der Waals surface area contributed by atoms with Crippen LogP contribution in [0.3, 0.4) is 0 Å². The third-order valence-electron chi connectivity index (χ3n) is 4.14. The standard InChI is InChI=1S/C15H18BrFN2O/c16-12-8-9(17)4-7-11(12)15-13(18)2-1-3-14(20)19(15)10-5-6-10/h4,7-8,10,13,15H,1-3,5-6,18H2. The van der Waals surface area contributed by atoms with Gasteiger partial charge in [-0.15, -0.1) is 0 Å². The second-order valence-electron chi connectivity index (χ2n) is 5.70. The van der Waals surface area contributed by atoms with Crippen LogP contribution in [0.15, 0.2) is 22.7 Å². The molecule has 1 aliphatic heterocycles. The van der Waals surface area contributed by atoms with Crippen LogP contribution in [0.1, 0.15) is 43.7 Å². The molecule has 0 spiro atoms. The first kappa shape index (κ1) is 14.0. The van der Waals surface area contributed by atoms with Crippen molar-refractivity contribution in [1.82, 2.24) is 4.90 Å². The number of amides is 1. The van der Waals surface area contributed by atoms with Crippen molar-refractivity contribution in [2.24, 2.45) is 5.73 Å². The first-order valence-electron chi connectivity index (χ1n) is 7.09. The monoisotopic (exact) mass is 340 g/mol. The molecule has 1 saturated heterocycles. The number of rotatable bonds is 2. The van der Waals surface area contributed by atoms with Gasteiger partial charge in [-0.1, -0.05) is 22.0 Å². The predicted molar refractivity (Wildman–Crippen MR) is 78.5 cm³/mol. The Morgan fingerprint density at radius 2 is 2.05 bits per heavy atom. The molecule has 1 amide bonds. The third-order valence-corrected chi connectivity index (χ3v) is 4.83. The van der Waals surface area contributed by atoms with E-state index in [1.807, 2.05) is 4.90 Å². The van der Waals surface area contributed by atoms with Crippen LogP contribution in [0.2, 0.25) is 0 Å². The van der Waals surface area contributed by atoms with E-state index in [0.29, 0.717) is 16.9 Å². The molecule has 3 rings (SSSR count). The Labute approximate surface area is 126 Å². The van der Waals surface area contributed by atoms with Crippen LogP contribution in [0.5, 0.6) is 0 Å². The highest BCUT2D eigenvalue weighted by Crippen LogP contribution is 2.41. The van der Waals surface area contributed by atoms with Gasteiger partial charge in [-0.3, -0.25) is 4.79 Å². The molecule has 2 aliphatic rings. The van der Waals surface area contributed by atoms with E-state index in [9.17, 15) is 9.18 Å². The number of carbonyl (C=O) groups excluding carboxylic acids is 1. The number of nitrogens with zero attached hydrogens (tertiary/aromatic N) is 1. The molecule has 5 heteroatoms. The van der Waals surface area contributed by atoms with Gasteiger partial charge in [0.25, 0.3) is 0 Å². The van der Waals surface area contributed by atoms with E-state index in [-0.39, 0.29) is 23.8 Å². The molecule has 1 heterocycles. The van der Waals surface area contributed by atoms with Gasteiger partial charge in [0.15, 0.2) is 0 Å². The second kappa shape index (κ2) is 5.45. The van der Waals surface area contributed by atoms with Crippen LogP contribution in [-0.4, -0.2) is 22.9 Å². The van der Waals surface area contributed by atoms with Gasteiger partial charge in [0.05, 0.1) is 6.04 Å². The number of likely N-dealkylation sites (tertiary alicyclic amines) is 1. The largest absolute Gasteiger partial charge is 0.331 e. The molecule has 0 aromatic heterocycles. The molecule has 1 saturated carbocycles. The van der Waals surface area contributed by atoms with Gasteiger partial charge in [-0.25, -0.2) is 4.39 Å². The molecule has 108 valence electrons. The van der Waals surface area contributed by atoms with Crippen molar-refractivity contribution >= 4 is 21.8 Å². The van der Waals surface area contributed by atoms with Crippen molar-refractivity contribution in [2.75, 3.05) is 0 Å². The Morgan fingerprint density at radius 1 is 1.30 bits per heavy atom. The van der Waals surface area contributed by atoms with Crippen LogP contribution in [0.25, 0.3) is 0 Å². The smallest absolute Gasteiger partial charge is 0.223 e. The zero-order valence-electron chi connectivity index (χ0n) is 11.2. The first-order chi connectivity index (χ1) is 9.58. The van der Waals surface area contributed by atoms with Crippen LogP contribution in [0, 0.1) is 5.82 Å². The number of halogens is 2. The predicted octanol–water partition coefficient (Wildman–Crippen LogP) is 3.13. The summed E-state index contributed by atoms with van der Waals surface area (Å²) in [5.74, 6) is -0.103. The van der Waals surface area contributed by atoms with Gasteiger partial charge in [-0.2, -0.15) is 0 Å². The maximum atomic E-state index is 13.3. The average molecular weight is 341 g/mol. The molecule has 0 bridgehead atoms. The summed E-state index contributed by atoms with van der Waals surface area (Å²) in [6.45, 7) is 0. The minimum Gasteiger partial charge on any atom is -0.331 e. The van der Waals surface area contributed by atoms with E-state index < -0.39 is 0 Å². The summed E-state index contributed by atoms with van der Waals surface area (Å²) in [6.07, 6.45) is 4.32. The van der Waals surface area contributed by atoms with Crippen LogP contribution >= 0.6 is 15.9 Å². The van der Waals surface area contributed by atoms with Gasteiger partial charge in [-0.05, 0) is 43.4 Å². The molecule has 3 nitrogen and oxygen atoms in total. The minimum absolute atomic E-state index is 0.0937. The van der Waals surface area contributed by atoms with Crippen molar-refractivity contribution in [3.8, 4) is 0 Å². The fourth-order valence-corrected chi connectivity index (χ4v) is 3.63. The van der Waals surface area contributed by atoms with Crippen LogP contribution in [0.4, 0.5) is 4.39 Å². The molecule has 1 aromatic carbocycles. The van der Waals surface area contributed by atoms with Crippen molar-refractivity contribution in [1.29, 1.82) is 0 Å². The van der Waals surface area contributed by atoms with Gasteiger partial charge < -0.3 is 10.6 Å². The molecule has 0 radical (unpaired) electrons. The normalized spacial score (nSPS) is 27.6. The molecule has 20 heavy (non-hydrogen) atoms. The summed E-state index contributed by atoms with van der Waals surface area (Å²) < 4.78 is 14.0. The van der Waals surface area contributed by atoms with Crippen molar-refractivity contribution in [2.45, 2.75) is 50.2 Å². The summed E-state index contributed by atoms with van der Waals surface area (Å²) >= 11 is 3.42. The highest BCUT2D eigenvalue weighted by atomic mass is 79.9. The maximum Gasteiger partial charge on any atom is 0.223 e.